The van der Waals surface area contributed by atoms with Crippen molar-refractivity contribution in [2.24, 2.45) is 17.8 Å². The lowest BCUT2D eigenvalue weighted by Gasteiger charge is -2.34. The van der Waals surface area contributed by atoms with Crippen molar-refractivity contribution >= 4 is 11.9 Å². The number of amides is 1. The van der Waals surface area contributed by atoms with E-state index < -0.39 is 12.0 Å². The van der Waals surface area contributed by atoms with Crippen molar-refractivity contribution < 1.29 is 14.7 Å². The van der Waals surface area contributed by atoms with E-state index in [2.05, 4.69) is 0 Å². The highest BCUT2D eigenvalue weighted by molar-refractivity contribution is 5.84. The molecule has 0 radical (unpaired) electrons. The maximum Gasteiger partial charge on any atom is 0.326 e. The van der Waals surface area contributed by atoms with Crippen molar-refractivity contribution in [1.29, 1.82) is 0 Å². The third-order valence-electron chi connectivity index (χ3n) is 4.97. The number of hydrogen-bond donors (Lipinski definition) is 1. The summed E-state index contributed by atoms with van der Waals surface area (Å²) in [6.07, 6.45) is 8.20. The SMILES string of the molecule is O=C(O)C1CCCCN1C(=O)CC(C1CC1)C1CC1. The molecule has 3 fully saturated rings. The average molecular weight is 265 g/mol. The maximum atomic E-state index is 12.5. The van der Waals surface area contributed by atoms with Gasteiger partial charge in [-0.1, -0.05) is 0 Å². The van der Waals surface area contributed by atoms with Crippen LogP contribution in [0, 0.1) is 17.8 Å². The summed E-state index contributed by atoms with van der Waals surface area (Å²) in [5, 5.41) is 9.24. The summed E-state index contributed by atoms with van der Waals surface area (Å²) in [5.74, 6) is 1.32. The zero-order chi connectivity index (χ0) is 13.4. The first-order chi connectivity index (χ1) is 9.16. The lowest BCUT2D eigenvalue weighted by molar-refractivity contribution is -0.152. The van der Waals surface area contributed by atoms with Crippen LogP contribution in [0.25, 0.3) is 0 Å². The first kappa shape index (κ1) is 12.9. The predicted molar refractivity (Wildman–Crippen MR) is 70.5 cm³/mol. The number of carbonyl (C=O) groups is 2. The van der Waals surface area contributed by atoms with Crippen LogP contribution >= 0.6 is 0 Å². The molecule has 2 saturated carbocycles. The molecule has 4 heteroatoms. The van der Waals surface area contributed by atoms with Crippen LogP contribution in [0.2, 0.25) is 0 Å². The first-order valence-electron chi connectivity index (χ1n) is 7.69. The van der Waals surface area contributed by atoms with E-state index in [9.17, 15) is 14.7 Å². The van der Waals surface area contributed by atoms with Gasteiger partial charge in [0, 0.05) is 13.0 Å². The minimum absolute atomic E-state index is 0.0934. The van der Waals surface area contributed by atoms with Gasteiger partial charge in [0.05, 0.1) is 0 Å². The van der Waals surface area contributed by atoms with Gasteiger partial charge in [0.15, 0.2) is 0 Å². The molecule has 0 aromatic rings. The van der Waals surface area contributed by atoms with Gasteiger partial charge in [0.1, 0.15) is 6.04 Å². The van der Waals surface area contributed by atoms with Gasteiger partial charge in [-0.3, -0.25) is 4.79 Å². The summed E-state index contributed by atoms with van der Waals surface area (Å²) in [7, 11) is 0. The highest BCUT2D eigenvalue weighted by atomic mass is 16.4. The van der Waals surface area contributed by atoms with Crippen molar-refractivity contribution in [3.8, 4) is 0 Å². The topological polar surface area (TPSA) is 57.6 Å². The normalized spacial score (nSPS) is 27.6. The molecular weight excluding hydrogens is 242 g/mol. The fourth-order valence-corrected chi connectivity index (χ4v) is 3.57. The monoisotopic (exact) mass is 265 g/mol. The smallest absolute Gasteiger partial charge is 0.326 e. The Labute approximate surface area is 114 Å². The van der Waals surface area contributed by atoms with E-state index in [1.165, 1.54) is 25.7 Å². The Morgan fingerprint density at radius 2 is 1.68 bits per heavy atom. The Morgan fingerprint density at radius 1 is 1.05 bits per heavy atom. The second-order valence-electron chi connectivity index (χ2n) is 6.48. The van der Waals surface area contributed by atoms with Gasteiger partial charge in [0.2, 0.25) is 5.91 Å². The van der Waals surface area contributed by atoms with Gasteiger partial charge >= 0.3 is 5.97 Å². The highest BCUT2D eigenvalue weighted by Gasteiger charge is 2.43. The largest absolute Gasteiger partial charge is 0.480 e. The third kappa shape index (κ3) is 2.93. The Hall–Kier alpha value is -1.06. The molecule has 1 saturated heterocycles. The van der Waals surface area contributed by atoms with Gasteiger partial charge < -0.3 is 10.0 Å². The molecule has 3 aliphatic rings. The van der Waals surface area contributed by atoms with Gasteiger partial charge in [-0.2, -0.15) is 0 Å². The Kier molecular flexibility index (Phi) is 3.50. The van der Waals surface area contributed by atoms with Gasteiger partial charge in [-0.15, -0.1) is 0 Å². The minimum atomic E-state index is -0.831. The Morgan fingerprint density at radius 3 is 2.21 bits per heavy atom. The molecule has 1 amide bonds. The minimum Gasteiger partial charge on any atom is -0.480 e. The number of nitrogens with zero attached hydrogens (tertiary/aromatic N) is 1. The van der Waals surface area contributed by atoms with Crippen LogP contribution in [0.15, 0.2) is 0 Å². The molecule has 1 unspecified atom stereocenters. The molecule has 0 aromatic heterocycles. The molecule has 0 bridgehead atoms. The predicted octanol–water partition coefficient (Wildman–Crippen LogP) is 2.28. The van der Waals surface area contributed by atoms with Gasteiger partial charge in [-0.05, 0) is 62.7 Å². The molecule has 19 heavy (non-hydrogen) atoms. The summed E-state index contributed by atoms with van der Waals surface area (Å²) < 4.78 is 0. The van der Waals surface area contributed by atoms with E-state index in [1.807, 2.05) is 0 Å². The van der Waals surface area contributed by atoms with Crippen LogP contribution in [-0.2, 0) is 9.59 Å². The number of aliphatic carboxylic acids is 1. The number of piperidine rings is 1. The molecule has 1 atom stereocenters. The lowest BCUT2D eigenvalue weighted by Crippen LogP contribution is -2.48. The second kappa shape index (κ2) is 5.14. The fraction of sp³-hybridized carbons (Fsp3) is 0.867. The van der Waals surface area contributed by atoms with Crippen molar-refractivity contribution in [2.75, 3.05) is 6.54 Å². The van der Waals surface area contributed by atoms with Crippen molar-refractivity contribution in [3.63, 3.8) is 0 Å². The number of likely N-dealkylation sites (tertiary alicyclic amines) is 1. The molecule has 3 rings (SSSR count). The van der Waals surface area contributed by atoms with Crippen molar-refractivity contribution in [2.45, 2.75) is 57.4 Å². The molecule has 1 heterocycles. The molecule has 1 N–H and O–H groups in total. The molecule has 1 aliphatic heterocycles. The second-order valence-corrected chi connectivity index (χ2v) is 6.48. The maximum absolute atomic E-state index is 12.5. The number of rotatable bonds is 5. The quantitative estimate of drug-likeness (QED) is 0.829. The highest BCUT2D eigenvalue weighted by Crippen LogP contribution is 2.50. The van der Waals surface area contributed by atoms with Crippen LogP contribution in [0.1, 0.15) is 51.4 Å². The van der Waals surface area contributed by atoms with Crippen molar-refractivity contribution in [3.05, 3.63) is 0 Å². The van der Waals surface area contributed by atoms with E-state index in [4.69, 9.17) is 0 Å². The number of hydrogen-bond acceptors (Lipinski definition) is 2. The van der Waals surface area contributed by atoms with E-state index in [-0.39, 0.29) is 5.91 Å². The molecule has 0 aromatic carbocycles. The summed E-state index contributed by atoms with van der Waals surface area (Å²) >= 11 is 0. The summed E-state index contributed by atoms with van der Waals surface area (Å²) in [4.78, 5) is 25.3. The third-order valence-corrected chi connectivity index (χ3v) is 4.97. The van der Waals surface area contributed by atoms with Crippen molar-refractivity contribution in [1.82, 2.24) is 4.90 Å². The average Bonchev–Trinajstić information content (AvgIpc) is 3.29. The summed E-state index contributed by atoms with van der Waals surface area (Å²) in [6.45, 7) is 0.637. The molecule has 2 aliphatic carbocycles. The zero-order valence-corrected chi connectivity index (χ0v) is 11.4. The van der Waals surface area contributed by atoms with E-state index in [0.29, 0.717) is 25.3 Å². The van der Waals surface area contributed by atoms with Gasteiger partial charge in [-0.25, -0.2) is 4.79 Å². The molecule has 0 spiro atoms. The summed E-state index contributed by atoms with van der Waals surface area (Å²) in [6, 6.07) is -0.569. The van der Waals surface area contributed by atoms with Crippen LogP contribution in [0.3, 0.4) is 0 Å². The molecule has 4 nitrogen and oxygen atoms in total. The molecule has 106 valence electrons. The number of carboxylic acid groups (broad SMARTS) is 1. The molecular formula is C15H23NO3. The summed E-state index contributed by atoms with van der Waals surface area (Å²) in [5.41, 5.74) is 0. The van der Waals surface area contributed by atoms with Crippen LogP contribution in [0.5, 0.6) is 0 Å². The van der Waals surface area contributed by atoms with E-state index >= 15 is 0 Å². The van der Waals surface area contributed by atoms with Crippen LogP contribution in [0.4, 0.5) is 0 Å². The van der Waals surface area contributed by atoms with Gasteiger partial charge in [0.25, 0.3) is 0 Å². The van der Waals surface area contributed by atoms with Crippen LogP contribution in [-0.4, -0.2) is 34.5 Å². The zero-order valence-electron chi connectivity index (χ0n) is 11.4. The Balaban J connectivity index is 1.62. The lowest BCUT2D eigenvalue weighted by atomic mass is 9.92. The number of carbonyl (C=O) groups excluding carboxylic acids is 1. The first-order valence-corrected chi connectivity index (χ1v) is 7.69. The van der Waals surface area contributed by atoms with Crippen LogP contribution < -0.4 is 0 Å². The standard InChI is InChI=1S/C15H23NO3/c17-14(9-12(10-4-5-10)11-6-7-11)16-8-2-1-3-13(16)15(18)19/h10-13H,1-9H2,(H,18,19). The fourth-order valence-electron chi connectivity index (χ4n) is 3.57. The number of carboxylic acids is 1. The van der Waals surface area contributed by atoms with E-state index in [0.717, 1.165) is 24.7 Å². The van der Waals surface area contributed by atoms with E-state index in [1.54, 1.807) is 4.90 Å². The Bertz CT molecular complexity index is 362.